The lowest BCUT2D eigenvalue weighted by molar-refractivity contribution is -0.139. The lowest BCUT2D eigenvalue weighted by Gasteiger charge is -2.35. The number of hydrogen-bond donors (Lipinski definition) is 2. The minimum Gasteiger partial charge on any atom is -0.480 e. The standard InChI is InChI=1S/C27H33N3O5/c1-18(2)24(15-25(31)30-13-11-29(12-14-30)16-26(32)33)28-27(34)35-17-23-21-9-5-3-7-19(21)20-8-4-6-10-22(20)23/h3-10,18,23-24H,11-17H2,1-2H3,(H,28,34)(H,32,33). The number of carboxylic acids is 1. The van der Waals surface area contributed by atoms with Gasteiger partial charge in [-0.2, -0.15) is 0 Å². The van der Waals surface area contributed by atoms with E-state index in [1.165, 1.54) is 11.1 Å². The molecule has 1 unspecified atom stereocenters. The highest BCUT2D eigenvalue weighted by molar-refractivity contribution is 5.80. The lowest BCUT2D eigenvalue weighted by atomic mass is 9.98. The second kappa shape index (κ2) is 10.9. The summed E-state index contributed by atoms with van der Waals surface area (Å²) in [6.45, 7) is 6.18. The molecule has 0 saturated carbocycles. The van der Waals surface area contributed by atoms with Gasteiger partial charge < -0.3 is 20.1 Å². The molecule has 1 aliphatic heterocycles. The van der Waals surface area contributed by atoms with Gasteiger partial charge >= 0.3 is 12.1 Å². The van der Waals surface area contributed by atoms with Crippen molar-refractivity contribution in [1.82, 2.24) is 15.1 Å². The van der Waals surface area contributed by atoms with Crippen LogP contribution in [0.15, 0.2) is 48.5 Å². The van der Waals surface area contributed by atoms with E-state index in [-0.39, 0.29) is 43.4 Å². The molecule has 1 saturated heterocycles. The van der Waals surface area contributed by atoms with Crippen molar-refractivity contribution in [3.05, 3.63) is 59.7 Å². The van der Waals surface area contributed by atoms with Crippen molar-refractivity contribution in [3.63, 3.8) is 0 Å². The quantitative estimate of drug-likeness (QED) is 0.604. The molecule has 2 aromatic rings. The Morgan fingerprint density at radius 3 is 2.09 bits per heavy atom. The monoisotopic (exact) mass is 479 g/mol. The molecule has 0 bridgehead atoms. The smallest absolute Gasteiger partial charge is 0.407 e. The van der Waals surface area contributed by atoms with Crippen LogP contribution in [0.3, 0.4) is 0 Å². The lowest BCUT2D eigenvalue weighted by Crippen LogP contribution is -2.51. The molecule has 2 aromatic carbocycles. The third-order valence-corrected chi connectivity index (χ3v) is 6.93. The Labute approximate surface area is 205 Å². The fraction of sp³-hybridized carbons (Fsp3) is 0.444. The minimum atomic E-state index is -0.864. The second-order valence-electron chi connectivity index (χ2n) is 9.58. The molecule has 8 nitrogen and oxygen atoms in total. The zero-order valence-electron chi connectivity index (χ0n) is 20.3. The van der Waals surface area contributed by atoms with E-state index in [1.54, 1.807) is 4.90 Å². The third kappa shape index (κ3) is 5.82. The second-order valence-corrected chi connectivity index (χ2v) is 9.58. The molecular weight excluding hydrogens is 446 g/mol. The van der Waals surface area contributed by atoms with Crippen LogP contribution in [-0.2, 0) is 14.3 Å². The highest BCUT2D eigenvalue weighted by Crippen LogP contribution is 2.44. The van der Waals surface area contributed by atoms with E-state index in [2.05, 4.69) is 29.6 Å². The van der Waals surface area contributed by atoms with Gasteiger partial charge in [-0.05, 0) is 28.2 Å². The average Bonchev–Trinajstić information content (AvgIpc) is 3.16. The minimum absolute atomic E-state index is 0.0139. The van der Waals surface area contributed by atoms with E-state index >= 15 is 0 Å². The average molecular weight is 480 g/mol. The Morgan fingerprint density at radius 2 is 1.54 bits per heavy atom. The van der Waals surface area contributed by atoms with Crippen molar-refractivity contribution in [2.75, 3.05) is 39.3 Å². The van der Waals surface area contributed by atoms with E-state index < -0.39 is 12.1 Å². The summed E-state index contributed by atoms with van der Waals surface area (Å²) in [6, 6.07) is 16.0. The fourth-order valence-electron chi connectivity index (χ4n) is 4.91. The number of fused-ring (bicyclic) bond motifs is 3. The Morgan fingerprint density at radius 1 is 0.971 bits per heavy atom. The van der Waals surface area contributed by atoms with Crippen molar-refractivity contribution in [1.29, 1.82) is 0 Å². The Kier molecular flexibility index (Phi) is 7.70. The van der Waals surface area contributed by atoms with Gasteiger partial charge in [-0.15, -0.1) is 0 Å². The van der Waals surface area contributed by atoms with Gasteiger partial charge in [-0.1, -0.05) is 62.4 Å². The first kappa shape index (κ1) is 24.7. The number of ether oxygens (including phenoxy) is 1. The number of hydrogen-bond acceptors (Lipinski definition) is 5. The fourth-order valence-corrected chi connectivity index (χ4v) is 4.91. The first-order chi connectivity index (χ1) is 16.8. The van der Waals surface area contributed by atoms with Crippen molar-refractivity contribution < 1.29 is 24.2 Å². The van der Waals surface area contributed by atoms with Crippen LogP contribution in [0.1, 0.15) is 37.3 Å². The molecule has 2 amide bonds. The molecule has 2 N–H and O–H groups in total. The van der Waals surface area contributed by atoms with Gasteiger partial charge in [0.15, 0.2) is 0 Å². The molecule has 186 valence electrons. The normalized spacial score (nSPS) is 16.5. The highest BCUT2D eigenvalue weighted by Gasteiger charge is 2.30. The summed E-state index contributed by atoms with van der Waals surface area (Å²) in [7, 11) is 0. The van der Waals surface area contributed by atoms with Gasteiger partial charge in [-0.25, -0.2) is 4.79 Å². The molecule has 1 fully saturated rings. The topological polar surface area (TPSA) is 99.2 Å². The molecule has 35 heavy (non-hydrogen) atoms. The summed E-state index contributed by atoms with van der Waals surface area (Å²) in [5, 5.41) is 11.8. The van der Waals surface area contributed by atoms with Gasteiger partial charge in [0.25, 0.3) is 0 Å². The van der Waals surface area contributed by atoms with Crippen LogP contribution < -0.4 is 5.32 Å². The maximum absolute atomic E-state index is 12.9. The molecular formula is C27H33N3O5. The summed E-state index contributed by atoms with van der Waals surface area (Å²) in [5.41, 5.74) is 4.65. The predicted octanol–water partition coefficient (Wildman–Crippen LogP) is 3.17. The molecule has 1 heterocycles. The van der Waals surface area contributed by atoms with Crippen molar-refractivity contribution >= 4 is 18.0 Å². The number of benzene rings is 2. The third-order valence-electron chi connectivity index (χ3n) is 6.93. The van der Waals surface area contributed by atoms with E-state index in [1.807, 2.05) is 43.0 Å². The van der Waals surface area contributed by atoms with Crippen molar-refractivity contribution in [2.45, 2.75) is 32.2 Å². The van der Waals surface area contributed by atoms with Crippen molar-refractivity contribution in [3.8, 4) is 11.1 Å². The van der Waals surface area contributed by atoms with Gasteiger partial charge in [0, 0.05) is 44.6 Å². The van der Waals surface area contributed by atoms with Crippen molar-refractivity contribution in [2.24, 2.45) is 5.92 Å². The zero-order valence-corrected chi connectivity index (χ0v) is 20.3. The summed E-state index contributed by atoms with van der Waals surface area (Å²) in [4.78, 5) is 40.0. The first-order valence-corrected chi connectivity index (χ1v) is 12.2. The van der Waals surface area contributed by atoms with Gasteiger partial charge in [-0.3, -0.25) is 14.5 Å². The highest BCUT2D eigenvalue weighted by atomic mass is 16.5. The van der Waals surface area contributed by atoms with Crippen LogP contribution in [0, 0.1) is 5.92 Å². The first-order valence-electron chi connectivity index (χ1n) is 12.2. The van der Waals surface area contributed by atoms with Crippen LogP contribution in [0.25, 0.3) is 11.1 Å². The number of rotatable bonds is 8. The largest absolute Gasteiger partial charge is 0.480 e. The number of carbonyl (C=O) groups is 3. The summed E-state index contributed by atoms with van der Waals surface area (Å²) in [5.74, 6) is -0.878. The molecule has 1 aliphatic carbocycles. The molecule has 1 atom stereocenters. The summed E-state index contributed by atoms with van der Waals surface area (Å²) < 4.78 is 5.66. The maximum Gasteiger partial charge on any atom is 0.407 e. The van der Waals surface area contributed by atoms with Gasteiger partial charge in [0.05, 0.1) is 6.54 Å². The zero-order chi connectivity index (χ0) is 24.9. The number of amides is 2. The number of nitrogens with one attached hydrogen (secondary N) is 1. The molecule has 0 aromatic heterocycles. The van der Waals surface area contributed by atoms with Crippen LogP contribution in [-0.4, -0.2) is 78.2 Å². The molecule has 2 aliphatic rings. The van der Waals surface area contributed by atoms with Crippen LogP contribution >= 0.6 is 0 Å². The summed E-state index contributed by atoms with van der Waals surface area (Å²) >= 11 is 0. The predicted molar refractivity (Wildman–Crippen MR) is 132 cm³/mol. The number of piperazine rings is 1. The maximum atomic E-state index is 12.9. The number of alkyl carbamates (subject to hydrolysis) is 1. The Bertz CT molecular complexity index is 1030. The van der Waals surface area contributed by atoms with E-state index in [0.717, 1.165) is 11.1 Å². The van der Waals surface area contributed by atoms with E-state index in [4.69, 9.17) is 9.84 Å². The van der Waals surface area contributed by atoms with Gasteiger partial charge in [0.1, 0.15) is 6.61 Å². The molecule has 4 rings (SSSR count). The number of aliphatic carboxylic acids is 1. The molecule has 8 heteroatoms. The summed E-state index contributed by atoms with van der Waals surface area (Å²) in [6.07, 6.45) is -0.342. The van der Waals surface area contributed by atoms with Gasteiger partial charge in [0.2, 0.25) is 5.91 Å². The van der Waals surface area contributed by atoms with Crippen LogP contribution in [0.4, 0.5) is 4.79 Å². The number of carbonyl (C=O) groups excluding carboxylic acids is 2. The Hall–Kier alpha value is -3.39. The molecule has 0 spiro atoms. The van der Waals surface area contributed by atoms with Crippen LogP contribution in [0.5, 0.6) is 0 Å². The SMILES string of the molecule is CC(C)C(CC(=O)N1CCN(CC(=O)O)CC1)NC(=O)OCC1c2ccccc2-c2ccccc21. The van der Waals surface area contributed by atoms with E-state index in [0.29, 0.717) is 26.2 Å². The Balaban J connectivity index is 1.31. The number of nitrogens with zero attached hydrogens (tertiary/aromatic N) is 2. The van der Waals surface area contributed by atoms with E-state index in [9.17, 15) is 14.4 Å². The van der Waals surface area contributed by atoms with Crippen LogP contribution in [0.2, 0.25) is 0 Å². The molecule has 0 radical (unpaired) electrons. The number of carboxylic acid groups (broad SMARTS) is 1.